The van der Waals surface area contributed by atoms with E-state index in [1.165, 1.54) is 19.1 Å². The molecule has 1 fully saturated rings. The molecule has 1 amide bonds. The van der Waals surface area contributed by atoms with Gasteiger partial charge in [-0.25, -0.2) is 22.6 Å². The topological polar surface area (TPSA) is 167 Å². The van der Waals surface area contributed by atoms with Gasteiger partial charge in [-0.05, 0) is 58.0 Å². The first-order valence-corrected chi connectivity index (χ1v) is 15.2. The third-order valence-corrected chi connectivity index (χ3v) is 7.78. The Morgan fingerprint density at radius 2 is 1.70 bits per heavy atom. The van der Waals surface area contributed by atoms with Crippen molar-refractivity contribution in [2.45, 2.75) is 58.1 Å². The molecule has 0 saturated carbocycles. The number of aryl methyl sites for hydroxylation is 1. The lowest BCUT2D eigenvalue weighted by Gasteiger charge is -2.33. The number of hydrazine groups is 1. The monoisotopic (exact) mass is 668 g/mol. The molecule has 1 N–H and O–H groups in total. The third kappa shape index (κ3) is 8.23. The van der Waals surface area contributed by atoms with Crippen molar-refractivity contribution in [2.75, 3.05) is 13.1 Å². The highest BCUT2D eigenvalue weighted by molar-refractivity contribution is 7.90. The number of ether oxygens (including phenoxy) is 2. The number of halogens is 3. The summed E-state index contributed by atoms with van der Waals surface area (Å²) in [4.78, 5) is 28.7. The number of benzene rings is 2. The molecule has 18 heteroatoms. The van der Waals surface area contributed by atoms with Crippen molar-refractivity contribution in [3.63, 3.8) is 0 Å². The second-order valence-corrected chi connectivity index (χ2v) is 13.0. The zero-order valence-corrected chi connectivity index (χ0v) is 26.1. The minimum atomic E-state index is -4.72. The van der Waals surface area contributed by atoms with Crippen molar-refractivity contribution in [1.82, 2.24) is 19.5 Å². The standard InChI is InChI=1S/C28H31F3N6O8S/c1-17-6-8-19(9-7-17)23-14-24(28(29,30)31)32-36(23)20-10-12-22(13-11-20)46(41,42)33-26(39)44-21-15-35(16-21)37(40)34-45-18(2)43-25(38)27(3,4)5/h6-14,18,21H,15-16H2,1-5H3,(H,33,39)/b37-34-. The summed E-state index contributed by atoms with van der Waals surface area (Å²) < 4.78 is 78.8. The summed E-state index contributed by atoms with van der Waals surface area (Å²) in [6, 6.07) is 12.3. The Bertz CT molecular complexity index is 1710. The predicted molar refractivity (Wildman–Crippen MR) is 153 cm³/mol. The fourth-order valence-corrected chi connectivity index (χ4v) is 4.77. The molecule has 3 aromatic rings. The van der Waals surface area contributed by atoms with Crippen LogP contribution in [0.4, 0.5) is 18.0 Å². The molecule has 4 rings (SSSR count). The van der Waals surface area contributed by atoms with Gasteiger partial charge in [0.15, 0.2) is 5.69 Å². The summed E-state index contributed by atoms with van der Waals surface area (Å²) in [6.45, 7) is 7.84. The molecule has 14 nitrogen and oxygen atoms in total. The minimum Gasteiger partial charge on any atom is -0.569 e. The van der Waals surface area contributed by atoms with E-state index in [1.807, 2.05) is 6.92 Å². The molecule has 2 heterocycles. The van der Waals surface area contributed by atoms with Gasteiger partial charge in [-0.3, -0.25) is 9.63 Å². The molecule has 1 unspecified atom stereocenters. The molecule has 248 valence electrons. The average molecular weight is 669 g/mol. The number of nitrogens with zero attached hydrogens (tertiary/aromatic N) is 5. The molecule has 1 aromatic heterocycles. The highest BCUT2D eigenvalue weighted by Crippen LogP contribution is 2.33. The van der Waals surface area contributed by atoms with Crippen LogP contribution < -0.4 is 4.72 Å². The van der Waals surface area contributed by atoms with Crippen LogP contribution in [0.2, 0.25) is 0 Å². The van der Waals surface area contributed by atoms with Gasteiger partial charge >= 0.3 is 18.2 Å². The molecule has 0 radical (unpaired) electrons. The Labute approximate surface area is 261 Å². The van der Waals surface area contributed by atoms with Gasteiger partial charge in [0.2, 0.25) is 5.28 Å². The Morgan fingerprint density at radius 1 is 1.09 bits per heavy atom. The maximum absolute atomic E-state index is 13.5. The molecule has 1 aliphatic heterocycles. The number of alkyl halides is 3. The van der Waals surface area contributed by atoms with E-state index in [1.54, 1.807) is 49.8 Å². The molecule has 46 heavy (non-hydrogen) atoms. The van der Waals surface area contributed by atoms with Crippen LogP contribution in [0.15, 0.2) is 64.8 Å². The molecule has 2 aromatic carbocycles. The van der Waals surface area contributed by atoms with Crippen molar-refractivity contribution in [3.05, 3.63) is 71.1 Å². The summed E-state index contributed by atoms with van der Waals surface area (Å²) in [5, 5.41) is 20.1. The average Bonchev–Trinajstić information content (AvgIpc) is 3.39. The van der Waals surface area contributed by atoms with Gasteiger partial charge in [-0.15, -0.1) is 5.01 Å². The number of sulfonamides is 1. The van der Waals surface area contributed by atoms with E-state index >= 15 is 0 Å². The first-order valence-electron chi connectivity index (χ1n) is 13.7. The largest absolute Gasteiger partial charge is 0.569 e. The second-order valence-electron chi connectivity index (χ2n) is 11.4. The van der Waals surface area contributed by atoms with E-state index in [0.29, 0.717) is 5.56 Å². The van der Waals surface area contributed by atoms with Crippen LogP contribution in [0.25, 0.3) is 16.9 Å². The summed E-state index contributed by atoms with van der Waals surface area (Å²) in [5.41, 5.74) is -0.280. The van der Waals surface area contributed by atoms with Crippen LogP contribution in [-0.2, 0) is 35.3 Å². The lowest BCUT2D eigenvalue weighted by atomic mass is 9.97. The summed E-state index contributed by atoms with van der Waals surface area (Å²) in [7, 11) is -4.44. The van der Waals surface area contributed by atoms with Gasteiger partial charge in [-0.2, -0.15) is 18.3 Å². The highest BCUT2D eigenvalue weighted by atomic mass is 32.2. The Kier molecular flexibility index (Phi) is 9.51. The summed E-state index contributed by atoms with van der Waals surface area (Å²) >= 11 is 0. The number of carbonyl (C=O) groups is 2. The van der Waals surface area contributed by atoms with E-state index in [-0.39, 0.29) is 34.3 Å². The number of rotatable bonds is 9. The molecular weight excluding hydrogens is 637 g/mol. The first kappa shape index (κ1) is 34.0. The molecule has 1 saturated heterocycles. The molecule has 1 aliphatic rings. The van der Waals surface area contributed by atoms with E-state index in [4.69, 9.17) is 14.3 Å². The number of carbonyl (C=O) groups excluding carboxylic acids is 2. The molecule has 1 atom stereocenters. The molecule has 0 bridgehead atoms. The zero-order valence-electron chi connectivity index (χ0n) is 25.3. The third-order valence-electron chi connectivity index (χ3n) is 6.45. The Balaban J connectivity index is 1.35. The number of amides is 1. The number of aromatic nitrogens is 2. The fraction of sp³-hybridized carbons (Fsp3) is 0.393. The number of hydrogen-bond donors (Lipinski definition) is 1. The van der Waals surface area contributed by atoms with Crippen LogP contribution in [0.3, 0.4) is 0 Å². The van der Waals surface area contributed by atoms with Crippen LogP contribution in [0.5, 0.6) is 0 Å². The highest BCUT2D eigenvalue weighted by Gasteiger charge is 2.38. The van der Waals surface area contributed by atoms with Gasteiger partial charge in [-0.1, -0.05) is 29.8 Å². The van der Waals surface area contributed by atoms with E-state index in [9.17, 15) is 36.4 Å². The molecule has 0 spiro atoms. The predicted octanol–water partition coefficient (Wildman–Crippen LogP) is 4.71. The van der Waals surface area contributed by atoms with Crippen LogP contribution >= 0.6 is 0 Å². The van der Waals surface area contributed by atoms with Crippen molar-refractivity contribution >= 4 is 22.1 Å². The maximum Gasteiger partial charge on any atom is 0.435 e. The normalized spacial score (nSPS) is 15.1. The van der Waals surface area contributed by atoms with Crippen LogP contribution in [0.1, 0.15) is 39.0 Å². The quantitative estimate of drug-likeness (QED) is 0.111. The lowest BCUT2D eigenvalue weighted by molar-refractivity contribution is -0.728. The Hall–Kier alpha value is -4.87. The lowest BCUT2D eigenvalue weighted by Crippen LogP contribution is -2.56. The minimum absolute atomic E-state index is 0.0685. The van der Waals surface area contributed by atoms with Crippen LogP contribution in [-0.4, -0.2) is 65.7 Å². The number of hydrogen-bond acceptors (Lipinski definition) is 10. The smallest absolute Gasteiger partial charge is 0.435 e. The van der Waals surface area contributed by atoms with E-state index in [2.05, 4.69) is 10.4 Å². The van der Waals surface area contributed by atoms with Gasteiger partial charge < -0.3 is 14.7 Å². The van der Waals surface area contributed by atoms with Gasteiger partial charge in [0.1, 0.15) is 19.2 Å². The molecular formula is C28H31F3N6O8S. The fourth-order valence-electron chi connectivity index (χ4n) is 3.90. The van der Waals surface area contributed by atoms with Crippen molar-refractivity contribution in [3.8, 4) is 16.9 Å². The number of esters is 1. The maximum atomic E-state index is 13.5. The SMILES string of the molecule is Cc1ccc(-c2cc(C(F)(F)F)nn2-c2ccc(S(=O)(=O)NC(=O)OC3CN(/[N+]([O-])=N/OC(C)OC(=O)C(C)(C)C)C3)cc2)cc1. The Morgan fingerprint density at radius 3 is 2.26 bits per heavy atom. The van der Waals surface area contributed by atoms with E-state index < -0.39 is 51.8 Å². The van der Waals surface area contributed by atoms with Gasteiger partial charge in [0.25, 0.3) is 16.3 Å². The summed E-state index contributed by atoms with van der Waals surface area (Å²) in [6.07, 6.45) is -8.03. The van der Waals surface area contributed by atoms with Gasteiger partial charge in [0, 0.05) is 12.5 Å². The van der Waals surface area contributed by atoms with E-state index in [0.717, 1.165) is 33.5 Å². The zero-order chi connectivity index (χ0) is 34.0. The second kappa shape index (κ2) is 12.9. The van der Waals surface area contributed by atoms with Crippen molar-refractivity contribution in [2.24, 2.45) is 10.7 Å². The molecule has 0 aliphatic carbocycles. The van der Waals surface area contributed by atoms with Crippen LogP contribution in [0, 0.1) is 17.5 Å². The van der Waals surface area contributed by atoms with Crippen molar-refractivity contribution < 1.29 is 50.5 Å². The number of nitrogens with one attached hydrogen (secondary N) is 1. The van der Waals surface area contributed by atoms with Crippen molar-refractivity contribution in [1.29, 1.82) is 0 Å². The van der Waals surface area contributed by atoms with Gasteiger partial charge in [0.05, 0.1) is 26.7 Å². The first-order chi connectivity index (χ1) is 21.3. The summed E-state index contributed by atoms with van der Waals surface area (Å²) in [5.74, 6) is -0.563.